The second kappa shape index (κ2) is 13.0. The smallest absolute Gasteiger partial charge is 0.316 e. The Morgan fingerprint density at radius 3 is 2.73 bits per heavy atom. The van der Waals surface area contributed by atoms with Crippen molar-refractivity contribution in [1.82, 2.24) is 4.98 Å². The third kappa shape index (κ3) is 7.95. The zero-order valence-electron chi connectivity index (χ0n) is 17.1. The van der Waals surface area contributed by atoms with Crippen LogP contribution in [0.3, 0.4) is 0 Å². The van der Waals surface area contributed by atoms with Crippen LogP contribution >= 0.6 is 34.9 Å². The van der Waals surface area contributed by atoms with Crippen molar-refractivity contribution in [2.24, 2.45) is 0 Å². The highest BCUT2D eigenvalue weighted by Gasteiger charge is 2.16. The van der Waals surface area contributed by atoms with Gasteiger partial charge in [-0.15, -0.1) is 11.3 Å². The minimum atomic E-state index is -0.237. The molecule has 0 amide bonds. The quantitative estimate of drug-likeness (QED) is 0.175. The van der Waals surface area contributed by atoms with Gasteiger partial charge in [0.05, 0.1) is 29.2 Å². The molecule has 0 saturated heterocycles. The lowest BCUT2D eigenvalue weighted by molar-refractivity contribution is -0.147. The fourth-order valence-corrected chi connectivity index (χ4v) is 5.65. The fraction of sp³-hybridized carbons (Fsp3) is 0.391. The van der Waals surface area contributed by atoms with Gasteiger partial charge in [0.25, 0.3) is 0 Å². The maximum absolute atomic E-state index is 12.4. The van der Waals surface area contributed by atoms with Crippen LogP contribution in [0, 0.1) is 0 Å². The van der Waals surface area contributed by atoms with Gasteiger partial charge in [-0.1, -0.05) is 67.6 Å². The SMILES string of the molecule is CCCCSCC(COCc1ccccc1)OC(=O)CSc1nc2ccccc2s1. The Morgan fingerprint density at radius 1 is 1.13 bits per heavy atom. The van der Waals surface area contributed by atoms with E-state index in [0.717, 1.165) is 31.6 Å². The molecule has 1 atom stereocenters. The van der Waals surface area contributed by atoms with Crippen molar-refractivity contribution in [3.05, 3.63) is 60.2 Å². The van der Waals surface area contributed by atoms with Gasteiger partial charge >= 0.3 is 5.97 Å². The third-order valence-electron chi connectivity index (χ3n) is 4.25. The number of fused-ring (bicyclic) bond motifs is 1. The van der Waals surface area contributed by atoms with E-state index in [1.165, 1.54) is 24.6 Å². The number of hydrogen-bond donors (Lipinski definition) is 0. The number of carbonyl (C=O) groups is 1. The standard InChI is InChI=1S/C23H27NO3S3/c1-2-3-13-28-16-19(15-26-14-18-9-5-4-6-10-18)27-22(25)17-29-23-24-20-11-7-8-12-21(20)30-23/h4-12,19H,2-3,13-17H2,1H3. The average molecular weight is 462 g/mol. The van der Waals surface area contributed by atoms with Crippen LogP contribution in [0.4, 0.5) is 0 Å². The van der Waals surface area contributed by atoms with Crippen LogP contribution in [0.5, 0.6) is 0 Å². The maximum atomic E-state index is 12.4. The molecule has 0 radical (unpaired) electrons. The lowest BCUT2D eigenvalue weighted by atomic mass is 10.2. The van der Waals surface area contributed by atoms with E-state index in [4.69, 9.17) is 9.47 Å². The molecule has 160 valence electrons. The van der Waals surface area contributed by atoms with Crippen molar-refractivity contribution < 1.29 is 14.3 Å². The first kappa shape index (κ1) is 23.1. The molecule has 0 saturated carbocycles. The van der Waals surface area contributed by atoms with Crippen molar-refractivity contribution in [3.8, 4) is 0 Å². The second-order valence-corrected chi connectivity index (χ2v) is 10.2. The molecule has 4 nitrogen and oxygen atoms in total. The van der Waals surface area contributed by atoms with Crippen molar-refractivity contribution in [3.63, 3.8) is 0 Å². The number of unbranched alkanes of at least 4 members (excludes halogenated alkanes) is 1. The van der Waals surface area contributed by atoms with Crippen LogP contribution in [0.15, 0.2) is 58.9 Å². The molecule has 1 aromatic heterocycles. The number of aromatic nitrogens is 1. The van der Waals surface area contributed by atoms with E-state index in [0.29, 0.717) is 13.2 Å². The Hall–Kier alpha value is -1.54. The van der Waals surface area contributed by atoms with Gasteiger partial charge in [-0.3, -0.25) is 4.79 Å². The monoisotopic (exact) mass is 461 g/mol. The van der Waals surface area contributed by atoms with Crippen molar-refractivity contribution in [2.45, 2.75) is 36.8 Å². The molecule has 0 aliphatic rings. The summed E-state index contributed by atoms with van der Waals surface area (Å²) in [6.07, 6.45) is 2.10. The molecule has 30 heavy (non-hydrogen) atoms. The van der Waals surface area contributed by atoms with Gasteiger partial charge in [-0.05, 0) is 29.9 Å². The minimum absolute atomic E-state index is 0.219. The number of thioether (sulfide) groups is 2. The second-order valence-electron chi connectivity index (χ2n) is 6.78. The average Bonchev–Trinajstić information content (AvgIpc) is 3.19. The summed E-state index contributed by atoms with van der Waals surface area (Å²) in [6.45, 7) is 3.11. The molecule has 0 spiro atoms. The fourth-order valence-electron chi connectivity index (χ4n) is 2.71. The Labute approximate surface area is 190 Å². The topological polar surface area (TPSA) is 48.4 Å². The molecule has 2 aromatic carbocycles. The van der Waals surface area contributed by atoms with Crippen LogP contribution < -0.4 is 0 Å². The van der Waals surface area contributed by atoms with Gasteiger partial charge in [-0.2, -0.15) is 11.8 Å². The summed E-state index contributed by atoms with van der Waals surface area (Å²) in [5, 5.41) is 0. The molecular weight excluding hydrogens is 434 g/mol. The zero-order chi connectivity index (χ0) is 21.0. The summed E-state index contributed by atoms with van der Waals surface area (Å²) in [7, 11) is 0. The number of hydrogen-bond acceptors (Lipinski definition) is 7. The highest BCUT2D eigenvalue weighted by atomic mass is 32.2. The Kier molecular flexibility index (Phi) is 10.0. The number of para-hydroxylation sites is 1. The summed E-state index contributed by atoms with van der Waals surface area (Å²) in [5.74, 6) is 1.87. The van der Waals surface area contributed by atoms with Crippen LogP contribution in [0.2, 0.25) is 0 Å². The summed E-state index contributed by atoms with van der Waals surface area (Å²) in [4.78, 5) is 17.0. The Bertz CT molecular complexity index is 868. The van der Waals surface area contributed by atoms with E-state index in [1.807, 2.05) is 66.4 Å². The highest BCUT2D eigenvalue weighted by Crippen LogP contribution is 2.29. The lowest BCUT2D eigenvalue weighted by Crippen LogP contribution is -2.27. The lowest BCUT2D eigenvalue weighted by Gasteiger charge is -2.18. The minimum Gasteiger partial charge on any atom is -0.458 e. The predicted octanol–water partition coefficient (Wildman–Crippen LogP) is 6.05. The van der Waals surface area contributed by atoms with Gasteiger partial charge in [0, 0.05) is 5.75 Å². The molecule has 1 heterocycles. The summed E-state index contributed by atoms with van der Waals surface area (Å²) in [5.41, 5.74) is 2.09. The van der Waals surface area contributed by atoms with Gasteiger partial charge in [0.15, 0.2) is 4.34 Å². The summed E-state index contributed by atoms with van der Waals surface area (Å²) < 4.78 is 13.6. The molecule has 7 heteroatoms. The van der Waals surface area contributed by atoms with Crippen molar-refractivity contribution in [1.29, 1.82) is 0 Å². The first-order valence-corrected chi connectivity index (χ1v) is 13.1. The number of nitrogens with zero attached hydrogens (tertiary/aromatic N) is 1. The number of rotatable bonds is 13. The summed E-state index contributed by atoms with van der Waals surface area (Å²) >= 11 is 4.86. The van der Waals surface area contributed by atoms with Gasteiger partial charge in [0.2, 0.25) is 0 Å². The molecular formula is C23H27NO3S3. The van der Waals surface area contributed by atoms with Gasteiger partial charge in [-0.25, -0.2) is 4.98 Å². The first-order valence-electron chi connectivity index (χ1n) is 10.1. The van der Waals surface area contributed by atoms with E-state index in [2.05, 4.69) is 11.9 Å². The first-order chi connectivity index (χ1) is 14.7. The molecule has 0 aliphatic carbocycles. The number of carbonyl (C=O) groups excluding carboxylic acids is 1. The summed E-state index contributed by atoms with van der Waals surface area (Å²) in [6, 6.07) is 18.1. The molecule has 0 fully saturated rings. The predicted molar refractivity (Wildman–Crippen MR) is 129 cm³/mol. The molecule has 1 unspecified atom stereocenters. The Morgan fingerprint density at radius 2 is 1.93 bits per heavy atom. The van der Waals surface area contributed by atoms with E-state index in [9.17, 15) is 4.79 Å². The van der Waals surface area contributed by atoms with E-state index >= 15 is 0 Å². The number of ether oxygens (including phenoxy) is 2. The maximum Gasteiger partial charge on any atom is 0.316 e. The number of thiazole rings is 1. The van der Waals surface area contributed by atoms with Crippen molar-refractivity contribution >= 4 is 51.0 Å². The van der Waals surface area contributed by atoms with E-state index < -0.39 is 0 Å². The van der Waals surface area contributed by atoms with Crippen LogP contribution in [0.1, 0.15) is 25.3 Å². The van der Waals surface area contributed by atoms with Crippen molar-refractivity contribution in [2.75, 3.05) is 23.9 Å². The van der Waals surface area contributed by atoms with Crippen LogP contribution in [0.25, 0.3) is 10.2 Å². The third-order valence-corrected chi connectivity index (χ3v) is 7.58. The molecule has 3 rings (SSSR count). The van der Waals surface area contributed by atoms with Crippen LogP contribution in [-0.2, 0) is 20.9 Å². The number of benzene rings is 2. The van der Waals surface area contributed by atoms with Gasteiger partial charge < -0.3 is 9.47 Å². The highest BCUT2D eigenvalue weighted by molar-refractivity contribution is 8.01. The zero-order valence-corrected chi connectivity index (χ0v) is 19.6. The Balaban J connectivity index is 1.46. The molecule has 0 aliphatic heterocycles. The van der Waals surface area contributed by atoms with Gasteiger partial charge in [0.1, 0.15) is 6.10 Å². The largest absolute Gasteiger partial charge is 0.458 e. The molecule has 0 bridgehead atoms. The molecule has 3 aromatic rings. The molecule has 0 N–H and O–H groups in total. The van der Waals surface area contributed by atoms with E-state index in [1.54, 1.807) is 11.3 Å². The normalized spacial score (nSPS) is 12.2. The van der Waals surface area contributed by atoms with E-state index in [-0.39, 0.29) is 17.8 Å². The van der Waals surface area contributed by atoms with Crippen LogP contribution in [-0.4, -0.2) is 40.9 Å². The number of esters is 1.